The summed E-state index contributed by atoms with van der Waals surface area (Å²) >= 11 is 0. The third-order valence-electron chi connectivity index (χ3n) is 2.69. The first-order valence-corrected chi connectivity index (χ1v) is 8.63. The molecule has 0 aliphatic rings. The smallest absolute Gasteiger partial charge is 0.328 e. The second kappa shape index (κ2) is 8.60. The van der Waals surface area contributed by atoms with E-state index in [1.165, 1.54) is 20.3 Å². The molecule has 2 amide bonds. The Labute approximate surface area is 125 Å². The van der Waals surface area contributed by atoms with Crippen LogP contribution in [0.3, 0.4) is 0 Å². The molecule has 0 aliphatic heterocycles. The number of nitrogens with one attached hydrogen (secondary N) is 3. The molecule has 122 valence electrons. The highest BCUT2D eigenvalue weighted by atomic mass is 32.2. The molecule has 0 radical (unpaired) electrons. The van der Waals surface area contributed by atoms with Gasteiger partial charge in [0.15, 0.2) is 0 Å². The van der Waals surface area contributed by atoms with Crippen molar-refractivity contribution in [3.05, 3.63) is 0 Å². The molecular weight excluding hydrogens is 298 g/mol. The first-order valence-electron chi connectivity index (χ1n) is 6.49. The summed E-state index contributed by atoms with van der Waals surface area (Å²) in [7, 11) is -1.59. The van der Waals surface area contributed by atoms with Gasteiger partial charge in [0, 0.05) is 28.2 Å². The summed E-state index contributed by atoms with van der Waals surface area (Å²) in [5, 5.41) is 4.90. The van der Waals surface area contributed by atoms with Crippen molar-refractivity contribution in [1.82, 2.24) is 10.6 Å². The van der Waals surface area contributed by atoms with Crippen LogP contribution in [0.5, 0.6) is 0 Å². The van der Waals surface area contributed by atoms with E-state index in [2.05, 4.69) is 15.4 Å². The maximum absolute atomic E-state index is 11.9. The average molecular weight is 321 g/mol. The Kier molecular flexibility index (Phi) is 7.93. The number of esters is 1. The topological polar surface area (TPSA) is 125 Å². The fourth-order valence-electron chi connectivity index (χ4n) is 1.44. The normalized spacial score (nSPS) is 16.2. The summed E-state index contributed by atoms with van der Waals surface area (Å²) in [6.07, 6.45) is 1.54. The van der Waals surface area contributed by atoms with Crippen LogP contribution in [-0.4, -0.2) is 53.2 Å². The van der Waals surface area contributed by atoms with Crippen molar-refractivity contribution in [3.8, 4) is 0 Å². The van der Waals surface area contributed by atoms with Crippen LogP contribution in [-0.2, 0) is 28.8 Å². The summed E-state index contributed by atoms with van der Waals surface area (Å²) in [6, 6.07) is -1.79. The van der Waals surface area contributed by atoms with Gasteiger partial charge < -0.3 is 15.4 Å². The number of ether oxygens (including phenoxy) is 1. The van der Waals surface area contributed by atoms with Crippen molar-refractivity contribution in [2.24, 2.45) is 0 Å². The molecule has 0 aromatic rings. The van der Waals surface area contributed by atoms with Crippen LogP contribution in [0.2, 0.25) is 0 Å². The van der Waals surface area contributed by atoms with Crippen molar-refractivity contribution in [3.63, 3.8) is 0 Å². The van der Waals surface area contributed by atoms with Crippen molar-refractivity contribution in [1.29, 1.82) is 4.78 Å². The molecule has 0 spiro atoms. The predicted octanol–water partition coefficient (Wildman–Crippen LogP) is -0.374. The quantitative estimate of drug-likeness (QED) is 0.526. The van der Waals surface area contributed by atoms with Crippen LogP contribution >= 0.6 is 0 Å². The van der Waals surface area contributed by atoms with Gasteiger partial charge in [-0.3, -0.25) is 18.6 Å². The van der Waals surface area contributed by atoms with E-state index in [1.807, 2.05) is 0 Å². The minimum absolute atomic E-state index is 0.0334. The molecule has 3 N–H and O–H groups in total. The lowest BCUT2D eigenvalue weighted by atomic mass is 10.2. The molecule has 0 saturated heterocycles. The highest BCUT2D eigenvalue weighted by molar-refractivity contribution is 7.91. The molecule has 0 bridgehead atoms. The van der Waals surface area contributed by atoms with Crippen LogP contribution < -0.4 is 10.6 Å². The molecule has 0 aromatic carbocycles. The first-order chi connectivity index (χ1) is 9.60. The van der Waals surface area contributed by atoms with Crippen molar-refractivity contribution >= 4 is 27.5 Å². The Hall–Kier alpha value is -1.64. The zero-order chi connectivity index (χ0) is 16.6. The summed E-state index contributed by atoms with van der Waals surface area (Å²) < 4.78 is 23.2. The van der Waals surface area contributed by atoms with E-state index in [0.29, 0.717) is 0 Å². The van der Waals surface area contributed by atoms with E-state index in [0.717, 1.165) is 0 Å². The SMILES string of the molecule is CCC(=O)N[C@@H](C)C(=O)NC(CCS(C)(=N)=O)C(=O)OC. The van der Waals surface area contributed by atoms with Gasteiger partial charge in [0.25, 0.3) is 0 Å². The third kappa shape index (κ3) is 8.28. The number of amides is 2. The van der Waals surface area contributed by atoms with E-state index in [-0.39, 0.29) is 24.5 Å². The number of methoxy groups -OCH3 is 1. The van der Waals surface area contributed by atoms with Crippen molar-refractivity contribution < 1.29 is 23.3 Å². The highest BCUT2D eigenvalue weighted by Crippen LogP contribution is 2.00. The number of hydrogen-bond donors (Lipinski definition) is 3. The molecule has 0 heterocycles. The zero-order valence-corrected chi connectivity index (χ0v) is 13.5. The molecule has 0 rings (SSSR count). The lowest BCUT2D eigenvalue weighted by molar-refractivity contribution is -0.145. The van der Waals surface area contributed by atoms with Gasteiger partial charge in [-0.2, -0.15) is 0 Å². The molecular formula is C12H23N3O5S. The number of rotatable bonds is 8. The summed E-state index contributed by atoms with van der Waals surface area (Å²) in [4.78, 5) is 34.7. The maximum Gasteiger partial charge on any atom is 0.328 e. The Morgan fingerprint density at radius 3 is 2.29 bits per heavy atom. The average Bonchev–Trinajstić information content (AvgIpc) is 2.40. The Balaban J connectivity index is 4.69. The van der Waals surface area contributed by atoms with E-state index < -0.39 is 33.7 Å². The van der Waals surface area contributed by atoms with E-state index >= 15 is 0 Å². The number of carbonyl (C=O) groups excluding carboxylic acids is 3. The van der Waals surface area contributed by atoms with Gasteiger partial charge >= 0.3 is 5.97 Å². The molecule has 9 heteroatoms. The lowest BCUT2D eigenvalue weighted by Crippen LogP contribution is -2.50. The van der Waals surface area contributed by atoms with E-state index in [1.54, 1.807) is 6.92 Å². The van der Waals surface area contributed by atoms with Gasteiger partial charge in [0.1, 0.15) is 12.1 Å². The lowest BCUT2D eigenvalue weighted by Gasteiger charge is -2.19. The molecule has 0 aliphatic carbocycles. The zero-order valence-electron chi connectivity index (χ0n) is 12.7. The van der Waals surface area contributed by atoms with Crippen LogP contribution in [0, 0.1) is 4.78 Å². The monoisotopic (exact) mass is 321 g/mol. The molecule has 8 nitrogen and oxygen atoms in total. The van der Waals surface area contributed by atoms with E-state index in [4.69, 9.17) is 4.78 Å². The third-order valence-corrected chi connectivity index (χ3v) is 3.70. The standard InChI is InChI=1S/C12H23N3O5S/c1-5-10(16)14-8(2)11(17)15-9(12(18)20-3)6-7-21(4,13)19/h8-9,13H,5-7H2,1-4H3,(H,14,16)(H,15,17)/t8-,9?,21?/m0/s1. The summed E-state index contributed by atoms with van der Waals surface area (Å²) in [5.74, 6) is -1.54. The molecule has 2 unspecified atom stereocenters. The van der Waals surface area contributed by atoms with Crippen LogP contribution in [0.1, 0.15) is 26.7 Å². The molecule has 0 fully saturated rings. The Morgan fingerprint density at radius 1 is 1.29 bits per heavy atom. The van der Waals surface area contributed by atoms with Gasteiger partial charge in [-0.05, 0) is 13.3 Å². The fourth-order valence-corrected chi connectivity index (χ4v) is 2.13. The minimum atomic E-state index is -2.77. The molecule has 0 saturated carbocycles. The fraction of sp³-hybridized carbons (Fsp3) is 0.750. The first kappa shape index (κ1) is 19.4. The summed E-state index contributed by atoms with van der Waals surface area (Å²) in [5.41, 5.74) is 0. The van der Waals surface area contributed by atoms with Gasteiger partial charge in [-0.15, -0.1) is 0 Å². The van der Waals surface area contributed by atoms with Crippen LogP contribution in [0.15, 0.2) is 0 Å². The van der Waals surface area contributed by atoms with E-state index in [9.17, 15) is 18.6 Å². The Bertz CT molecular complexity index is 489. The predicted molar refractivity (Wildman–Crippen MR) is 78.1 cm³/mol. The molecule has 3 atom stereocenters. The second-order valence-electron chi connectivity index (χ2n) is 4.72. The Morgan fingerprint density at radius 2 is 1.86 bits per heavy atom. The highest BCUT2D eigenvalue weighted by Gasteiger charge is 2.25. The second-order valence-corrected chi connectivity index (χ2v) is 7.14. The van der Waals surface area contributed by atoms with Gasteiger partial charge in [0.05, 0.1) is 7.11 Å². The summed E-state index contributed by atoms with van der Waals surface area (Å²) in [6.45, 7) is 3.15. The molecule has 0 aromatic heterocycles. The molecule has 21 heavy (non-hydrogen) atoms. The largest absolute Gasteiger partial charge is 0.467 e. The van der Waals surface area contributed by atoms with Gasteiger partial charge in [0.2, 0.25) is 11.8 Å². The van der Waals surface area contributed by atoms with Gasteiger partial charge in [-0.1, -0.05) is 6.92 Å². The van der Waals surface area contributed by atoms with Crippen LogP contribution in [0.4, 0.5) is 0 Å². The number of carbonyl (C=O) groups is 3. The van der Waals surface area contributed by atoms with Gasteiger partial charge in [-0.25, -0.2) is 4.79 Å². The minimum Gasteiger partial charge on any atom is -0.467 e. The maximum atomic E-state index is 11.9. The van der Waals surface area contributed by atoms with Crippen LogP contribution in [0.25, 0.3) is 0 Å². The van der Waals surface area contributed by atoms with Crippen molar-refractivity contribution in [2.45, 2.75) is 38.8 Å². The number of hydrogen-bond acceptors (Lipinski definition) is 6. The van der Waals surface area contributed by atoms with Crippen molar-refractivity contribution in [2.75, 3.05) is 19.1 Å².